The van der Waals surface area contributed by atoms with Gasteiger partial charge >= 0.3 is 0 Å². The number of rotatable bonds is 4. The monoisotopic (exact) mass is 354 g/mol. The molecule has 138 valence electrons. The fourth-order valence-electron chi connectivity index (χ4n) is 4.35. The van der Waals surface area contributed by atoms with E-state index in [0.717, 1.165) is 56.9 Å². The number of nitrogens with one attached hydrogen (secondary N) is 1. The van der Waals surface area contributed by atoms with Crippen molar-refractivity contribution in [1.29, 1.82) is 0 Å². The van der Waals surface area contributed by atoms with Crippen LogP contribution in [0.4, 0.5) is 0 Å². The van der Waals surface area contributed by atoms with Crippen molar-refractivity contribution in [2.24, 2.45) is 5.92 Å². The first kappa shape index (κ1) is 16.2. The summed E-state index contributed by atoms with van der Waals surface area (Å²) in [5.41, 5.74) is 2.06. The number of fused-ring (bicyclic) bond motifs is 1. The lowest BCUT2D eigenvalue weighted by atomic mass is 9.93. The quantitative estimate of drug-likeness (QED) is 0.905. The molecule has 1 N–H and O–H groups in total. The van der Waals surface area contributed by atoms with Gasteiger partial charge in [-0.05, 0) is 63.2 Å². The Morgan fingerprint density at radius 3 is 2.62 bits per heavy atom. The van der Waals surface area contributed by atoms with E-state index in [1.807, 2.05) is 4.52 Å². The minimum Gasteiger partial charge on any atom is -0.356 e. The smallest absolute Gasteiger partial charge is 0.220 e. The third kappa shape index (κ3) is 3.20. The van der Waals surface area contributed by atoms with Crippen LogP contribution in [0.2, 0.25) is 0 Å². The number of nitrogens with zero attached hydrogens (tertiary/aromatic N) is 5. The molecule has 7 nitrogen and oxygen atoms in total. The van der Waals surface area contributed by atoms with Gasteiger partial charge in [0.15, 0.2) is 11.5 Å². The van der Waals surface area contributed by atoms with E-state index in [-0.39, 0.29) is 5.91 Å². The fourth-order valence-corrected chi connectivity index (χ4v) is 4.35. The Morgan fingerprint density at radius 1 is 1.04 bits per heavy atom. The first-order chi connectivity index (χ1) is 12.8. The molecule has 0 radical (unpaired) electrons. The second kappa shape index (κ2) is 6.61. The predicted molar refractivity (Wildman–Crippen MR) is 96.9 cm³/mol. The van der Waals surface area contributed by atoms with Gasteiger partial charge in [-0.3, -0.25) is 4.79 Å². The van der Waals surface area contributed by atoms with Gasteiger partial charge in [0.05, 0.1) is 5.69 Å². The lowest BCUT2D eigenvalue weighted by molar-refractivity contribution is -0.123. The molecule has 0 bridgehead atoms. The summed E-state index contributed by atoms with van der Waals surface area (Å²) in [6.07, 6.45) is 6.44. The van der Waals surface area contributed by atoms with Crippen molar-refractivity contribution >= 4 is 11.6 Å². The molecule has 3 aliphatic rings. The number of likely N-dealkylation sites (tertiary alicyclic amines) is 1. The average molecular weight is 354 g/mol. The highest BCUT2D eigenvalue weighted by Crippen LogP contribution is 2.39. The average Bonchev–Trinajstić information content (AvgIpc) is 3.44. The molecule has 7 heteroatoms. The van der Waals surface area contributed by atoms with Gasteiger partial charge in [-0.25, -0.2) is 0 Å². The number of carbonyl (C=O) groups is 1. The van der Waals surface area contributed by atoms with E-state index in [2.05, 4.69) is 32.5 Å². The van der Waals surface area contributed by atoms with Crippen LogP contribution in [0.1, 0.15) is 61.9 Å². The highest BCUT2D eigenvalue weighted by Gasteiger charge is 2.29. The van der Waals surface area contributed by atoms with Crippen LogP contribution >= 0.6 is 0 Å². The zero-order chi connectivity index (χ0) is 17.5. The first-order valence-electron chi connectivity index (χ1n) is 9.97. The number of hydrogen-bond donors (Lipinski definition) is 1. The highest BCUT2D eigenvalue weighted by molar-refractivity contribution is 5.76. The maximum absolute atomic E-state index is 11.3. The Hall–Kier alpha value is -2.02. The van der Waals surface area contributed by atoms with Gasteiger partial charge in [0.2, 0.25) is 5.91 Å². The molecule has 26 heavy (non-hydrogen) atoms. The maximum atomic E-state index is 11.3. The molecule has 1 amide bonds. The molecule has 2 aromatic heterocycles. The second-order valence-corrected chi connectivity index (χ2v) is 8.14. The molecular weight excluding hydrogens is 328 g/mol. The number of aromatic nitrogens is 4. The molecule has 0 aromatic carbocycles. The molecule has 1 saturated carbocycles. The molecule has 1 aliphatic carbocycles. The van der Waals surface area contributed by atoms with Crippen LogP contribution in [-0.4, -0.2) is 56.8 Å². The molecular formula is C19H26N6O. The Bertz CT molecular complexity index is 795. The highest BCUT2D eigenvalue weighted by atomic mass is 16.1. The van der Waals surface area contributed by atoms with E-state index in [0.29, 0.717) is 24.2 Å². The van der Waals surface area contributed by atoms with Crippen molar-refractivity contribution in [3.63, 3.8) is 0 Å². The van der Waals surface area contributed by atoms with Crippen LogP contribution < -0.4 is 5.32 Å². The summed E-state index contributed by atoms with van der Waals surface area (Å²) in [6, 6.07) is 4.17. The zero-order valence-corrected chi connectivity index (χ0v) is 15.1. The van der Waals surface area contributed by atoms with E-state index < -0.39 is 0 Å². The molecule has 2 aliphatic heterocycles. The van der Waals surface area contributed by atoms with Gasteiger partial charge in [0.25, 0.3) is 0 Å². The summed E-state index contributed by atoms with van der Waals surface area (Å²) in [5.74, 6) is 2.92. The molecule has 4 heterocycles. The molecule has 1 atom stereocenters. The SMILES string of the molecule is O=C1CCC(CN2CCC(c3nnc4ccc(C5CC5)nn34)CC2)CN1. The van der Waals surface area contributed by atoms with E-state index in [4.69, 9.17) is 5.10 Å². The molecule has 1 unspecified atom stereocenters. The van der Waals surface area contributed by atoms with Gasteiger partial charge in [-0.1, -0.05) is 0 Å². The lowest BCUT2D eigenvalue weighted by Gasteiger charge is -2.34. The summed E-state index contributed by atoms with van der Waals surface area (Å²) in [6.45, 7) is 4.11. The number of amides is 1. The van der Waals surface area contributed by atoms with Crippen molar-refractivity contribution in [2.75, 3.05) is 26.2 Å². The third-order valence-electron chi connectivity index (χ3n) is 6.14. The maximum Gasteiger partial charge on any atom is 0.220 e. The molecule has 2 saturated heterocycles. The van der Waals surface area contributed by atoms with Crippen LogP contribution in [0.3, 0.4) is 0 Å². The Labute approximate surface area is 153 Å². The fraction of sp³-hybridized carbons (Fsp3) is 0.684. The number of piperidine rings is 2. The van der Waals surface area contributed by atoms with Crippen molar-refractivity contribution in [2.45, 2.75) is 50.4 Å². The Morgan fingerprint density at radius 2 is 1.88 bits per heavy atom. The summed E-state index contributed by atoms with van der Waals surface area (Å²) < 4.78 is 1.99. The van der Waals surface area contributed by atoms with Crippen LogP contribution in [-0.2, 0) is 4.79 Å². The largest absolute Gasteiger partial charge is 0.356 e. The zero-order valence-electron chi connectivity index (χ0n) is 15.1. The first-order valence-corrected chi connectivity index (χ1v) is 9.97. The van der Waals surface area contributed by atoms with Crippen molar-refractivity contribution in [1.82, 2.24) is 30.0 Å². The number of hydrogen-bond acceptors (Lipinski definition) is 5. The van der Waals surface area contributed by atoms with Crippen LogP contribution in [0.25, 0.3) is 5.65 Å². The second-order valence-electron chi connectivity index (χ2n) is 8.14. The minimum atomic E-state index is 0.205. The van der Waals surface area contributed by atoms with Crippen LogP contribution in [0.15, 0.2) is 12.1 Å². The van der Waals surface area contributed by atoms with Gasteiger partial charge in [-0.15, -0.1) is 10.2 Å². The summed E-state index contributed by atoms with van der Waals surface area (Å²) in [4.78, 5) is 13.9. The van der Waals surface area contributed by atoms with Crippen LogP contribution in [0.5, 0.6) is 0 Å². The normalized spacial score (nSPS) is 25.5. The van der Waals surface area contributed by atoms with Crippen molar-refractivity contribution in [3.8, 4) is 0 Å². The van der Waals surface area contributed by atoms with E-state index >= 15 is 0 Å². The van der Waals surface area contributed by atoms with Gasteiger partial charge in [0, 0.05) is 31.3 Å². The molecule has 3 fully saturated rings. The van der Waals surface area contributed by atoms with Gasteiger partial charge < -0.3 is 10.2 Å². The molecule has 0 spiro atoms. The summed E-state index contributed by atoms with van der Waals surface area (Å²) in [7, 11) is 0. The van der Waals surface area contributed by atoms with Crippen molar-refractivity contribution < 1.29 is 4.79 Å². The minimum absolute atomic E-state index is 0.205. The standard InChI is InChI=1S/C19H26N6O/c26-18-6-1-13(11-20-18)12-24-9-7-15(8-10-24)19-22-21-17-5-4-16(14-2-3-14)23-25(17)19/h4-5,13-15H,1-3,6-12H2,(H,20,26). The van der Waals surface area contributed by atoms with Gasteiger partial charge in [-0.2, -0.15) is 9.61 Å². The summed E-state index contributed by atoms with van der Waals surface area (Å²) >= 11 is 0. The van der Waals surface area contributed by atoms with Crippen LogP contribution in [0, 0.1) is 5.92 Å². The summed E-state index contributed by atoms with van der Waals surface area (Å²) in [5, 5.41) is 16.6. The van der Waals surface area contributed by atoms with E-state index in [9.17, 15) is 4.79 Å². The van der Waals surface area contributed by atoms with E-state index in [1.165, 1.54) is 18.5 Å². The van der Waals surface area contributed by atoms with E-state index in [1.54, 1.807) is 0 Å². The third-order valence-corrected chi connectivity index (χ3v) is 6.14. The topological polar surface area (TPSA) is 75.4 Å². The number of carbonyl (C=O) groups excluding carboxylic acids is 1. The Balaban J connectivity index is 1.23. The Kier molecular flexibility index (Phi) is 4.11. The van der Waals surface area contributed by atoms with Crippen molar-refractivity contribution in [3.05, 3.63) is 23.7 Å². The molecule has 2 aromatic rings. The molecule has 5 rings (SSSR count). The predicted octanol–water partition coefficient (Wildman–Crippen LogP) is 1.71. The lowest BCUT2D eigenvalue weighted by Crippen LogP contribution is -2.43. The van der Waals surface area contributed by atoms with Gasteiger partial charge in [0.1, 0.15) is 0 Å².